The molecule has 23 heavy (non-hydrogen) atoms. The Bertz CT molecular complexity index is 615. The van der Waals surface area contributed by atoms with E-state index in [2.05, 4.69) is 5.32 Å². The highest BCUT2D eigenvalue weighted by Gasteiger charge is 2.42. The summed E-state index contributed by atoms with van der Waals surface area (Å²) in [5.74, 6) is -0.0727. The second-order valence-corrected chi connectivity index (χ2v) is 6.61. The lowest BCUT2D eigenvalue weighted by molar-refractivity contribution is -0.146. The van der Waals surface area contributed by atoms with Crippen LogP contribution in [0.3, 0.4) is 0 Å². The Kier molecular flexibility index (Phi) is 4.82. The average Bonchev–Trinajstić information content (AvgIpc) is 2.86. The number of amides is 2. The number of ether oxygens (including phenoxy) is 1. The van der Waals surface area contributed by atoms with Crippen molar-refractivity contribution in [3.63, 3.8) is 0 Å². The Labute approximate surface area is 136 Å². The largest absolute Gasteiger partial charge is 0.491 e. The van der Waals surface area contributed by atoms with Crippen molar-refractivity contribution in [2.75, 3.05) is 18.4 Å². The normalized spacial score (nSPS) is 20.7. The summed E-state index contributed by atoms with van der Waals surface area (Å²) in [4.78, 5) is 25.1. The van der Waals surface area contributed by atoms with Crippen molar-refractivity contribution < 1.29 is 19.4 Å². The summed E-state index contributed by atoms with van der Waals surface area (Å²) in [5, 5.41) is 12.0. The zero-order valence-electron chi connectivity index (χ0n) is 14.0. The molecule has 1 heterocycles. The minimum atomic E-state index is -0.862. The number of aliphatic carboxylic acids is 1. The molecule has 0 aliphatic carbocycles. The number of aryl methyl sites for hydroxylation is 1. The van der Waals surface area contributed by atoms with Crippen LogP contribution in [0.4, 0.5) is 10.5 Å². The molecule has 0 spiro atoms. The Balaban J connectivity index is 2.01. The van der Waals surface area contributed by atoms with E-state index in [1.807, 2.05) is 32.9 Å². The van der Waals surface area contributed by atoms with Crippen molar-refractivity contribution in [2.45, 2.75) is 40.2 Å². The van der Waals surface area contributed by atoms with E-state index < -0.39 is 11.4 Å². The van der Waals surface area contributed by atoms with Crippen LogP contribution in [0.25, 0.3) is 0 Å². The van der Waals surface area contributed by atoms with Gasteiger partial charge in [-0.25, -0.2) is 4.79 Å². The van der Waals surface area contributed by atoms with E-state index in [1.54, 1.807) is 17.9 Å². The fraction of sp³-hybridized carbons (Fsp3) is 0.529. The number of anilines is 1. The van der Waals surface area contributed by atoms with Crippen LogP contribution in [-0.4, -0.2) is 41.2 Å². The SMILES string of the molecule is Cc1cc(NC(=O)N2CCC(C)(C(=O)O)C2)ccc1OC(C)C. The first kappa shape index (κ1) is 17.1. The van der Waals surface area contributed by atoms with Crippen LogP contribution >= 0.6 is 0 Å². The van der Waals surface area contributed by atoms with Crippen LogP contribution in [0.15, 0.2) is 18.2 Å². The lowest BCUT2D eigenvalue weighted by atomic mass is 9.90. The van der Waals surface area contributed by atoms with Gasteiger partial charge in [0.05, 0.1) is 11.5 Å². The molecule has 1 aliphatic heterocycles. The number of carboxylic acid groups (broad SMARTS) is 1. The number of hydrogen-bond donors (Lipinski definition) is 2. The maximum Gasteiger partial charge on any atom is 0.321 e. The molecule has 2 N–H and O–H groups in total. The van der Waals surface area contributed by atoms with Gasteiger partial charge in [-0.05, 0) is 57.9 Å². The molecule has 6 heteroatoms. The number of hydrogen-bond acceptors (Lipinski definition) is 3. The van der Waals surface area contributed by atoms with E-state index >= 15 is 0 Å². The first-order chi connectivity index (χ1) is 10.7. The maximum absolute atomic E-state index is 12.3. The number of nitrogens with zero attached hydrogens (tertiary/aromatic N) is 1. The Morgan fingerprint density at radius 1 is 1.39 bits per heavy atom. The molecule has 1 aliphatic rings. The molecule has 2 rings (SSSR count). The standard InChI is InChI=1S/C17H24N2O4/c1-11(2)23-14-6-5-13(9-12(14)3)18-16(22)19-8-7-17(4,10-19)15(20)21/h5-6,9,11H,7-8,10H2,1-4H3,(H,18,22)(H,20,21). The summed E-state index contributed by atoms with van der Waals surface area (Å²) in [7, 11) is 0. The minimum absolute atomic E-state index is 0.0902. The van der Waals surface area contributed by atoms with Gasteiger partial charge in [-0.2, -0.15) is 0 Å². The molecule has 0 bridgehead atoms. The van der Waals surface area contributed by atoms with Crippen molar-refractivity contribution in [3.8, 4) is 5.75 Å². The van der Waals surface area contributed by atoms with Gasteiger partial charge < -0.3 is 20.1 Å². The maximum atomic E-state index is 12.3. The van der Waals surface area contributed by atoms with Gasteiger partial charge in [0.15, 0.2) is 0 Å². The van der Waals surface area contributed by atoms with Gasteiger partial charge in [0.25, 0.3) is 0 Å². The predicted molar refractivity (Wildman–Crippen MR) is 87.9 cm³/mol. The number of nitrogens with one attached hydrogen (secondary N) is 1. The average molecular weight is 320 g/mol. The Morgan fingerprint density at radius 3 is 2.61 bits per heavy atom. The van der Waals surface area contributed by atoms with Crippen LogP contribution in [0, 0.1) is 12.3 Å². The fourth-order valence-electron chi connectivity index (χ4n) is 2.62. The Morgan fingerprint density at radius 2 is 2.09 bits per heavy atom. The van der Waals surface area contributed by atoms with E-state index in [0.29, 0.717) is 18.7 Å². The van der Waals surface area contributed by atoms with Gasteiger partial charge in [0.2, 0.25) is 0 Å². The highest BCUT2D eigenvalue weighted by Crippen LogP contribution is 2.30. The summed E-state index contributed by atoms with van der Waals surface area (Å²) in [5.41, 5.74) is 0.753. The molecule has 0 saturated carbocycles. The fourth-order valence-corrected chi connectivity index (χ4v) is 2.62. The molecular formula is C17H24N2O4. The van der Waals surface area contributed by atoms with Crippen LogP contribution in [0.5, 0.6) is 5.75 Å². The molecule has 1 aromatic rings. The molecule has 1 fully saturated rings. The molecule has 1 aromatic carbocycles. The van der Waals surface area contributed by atoms with Gasteiger partial charge in [0.1, 0.15) is 5.75 Å². The number of likely N-dealkylation sites (tertiary alicyclic amines) is 1. The Hall–Kier alpha value is -2.24. The van der Waals surface area contributed by atoms with Gasteiger partial charge in [-0.3, -0.25) is 4.79 Å². The van der Waals surface area contributed by atoms with Gasteiger partial charge in [0, 0.05) is 18.8 Å². The smallest absolute Gasteiger partial charge is 0.321 e. The highest BCUT2D eigenvalue weighted by molar-refractivity contribution is 5.90. The molecule has 0 radical (unpaired) electrons. The first-order valence-electron chi connectivity index (χ1n) is 7.78. The van der Waals surface area contributed by atoms with E-state index in [-0.39, 0.29) is 18.7 Å². The molecule has 1 atom stereocenters. The molecule has 1 unspecified atom stereocenters. The summed E-state index contributed by atoms with van der Waals surface area (Å²) < 4.78 is 5.67. The molecule has 0 aromatic heterocycles. The minimum Gasteiger partial charge on any atom is -0.491 e. The van der Waals surface area contributed by atoms with Crippen molar-refractivity contribution in [1.29, 1.82) is 0 Å². The van der Waals surface area contributed by atoms with E-state index in [4.69, 9.17) is 4.74 Å². The number of rotatable bonds is 4. The lowest BCUT2D eigenvalue weighted by Gasteiger charge is -2.21. The third-order valence-electron chi connectivity index (χ3n) is 4.07. The summed E-state index contributed by atoms with van der Waals surface area (Å²) in [6.07, 6.45) is 0.558. The second kappa shape index (κ2) is 6.48. The molecular weight excluding hydrogens is 296 g/mol. The number of urea groups is 1. The van der Waals surface area contributed by atoms with Gasteiger partial charge in [-0.15, -0.1) is 0 Å². The van der Waals surface area contributed by atoms with Crippen molar-refractivity contribution >= 4 is 17.7 Å². The molecule has 6 nitrogen and oxygen atoms in total. The van der Waals surface area contributed by atoms with Crippen LogP contribution in [0.1, 0.15) is 32.8 Å². The highest BCUT2D eigenvalue weighted by atomic mass is 16.5. The van der Waals surface area contributed by atoms with E-state index in [0.717, 1.165) is 11.3 Å². The predicted octanol–water partition coefficient (Wildman–Crippen LogP) is 3.11. The summed E-state index contributed by atoms with van der Waals surface area (Å²) in [6.45, 7) is 8.18. The van der Waals surface area contributed by atoms with Crippen molar-refractivity contribution in [2.24, 2.45) is 5.41 Å². The molecule has 1 saturated heterocycles. The van der Waals surface area contributed by atoms with Gasteiger partial charge >= 0.3 is 12.0 Å². The molecule has 2 amide bonds. The number of carbonyl (C=O) groups excluding carboxylic acids is 1. The number of benzene rings is 1. The monoisotopic (exact) mass is 320 g/mol. The lowest BCUT2D eigenvalue weighted by Crippen LogP contribution is -2.37. The zero-order chi connectivity index (χ0) is 17.2. The van der Waals surface area contributed by atoms with Gasteiger partial charge in [-0.1, -0.05) is 0 Å². The summed E-state index contributed by atoms with van der Waals surface area (Å²) >= 11 is 0. The van der Waals surface area contributed by atoms with Crippen LogP contribution in [-0.2, 0) is 4.79 Å². The van der Waals surface area contributed by atoms with Crippen LogP contribution < -0.4 is 10.1 Å². The number of carboxylic acids is 1. The number of carbonyl (C=O) groups is 2. The topological polar surface area (TPSA) is 78.9 Å². The third-order valence-corrected chi connectivity index (χ3v) is 4.07. The van der Waals surface area contributed by atoms with Crippen LogP contribution in [0.2, 0.25) is 0 Å². The molecule has 126 valence electrons. The quantitative estimate of drug-likeness (QED) is 0.893. The first-order valence-corrected chi connectivity index (χ1v) is 7.78. The van der Waals surface area contributed by atoms with E-state index in [1.165, 1.54) is 0 Å². The second-order valence-electron chi connectivity index (χ2n) is 6.61. The van der Waals surface area contributed by atoms with Crippen molar-refractivity contribution in [3.05, 3.63) is 23.8 Å². The third kappa shape index (κ3) is 3.94. The van der Waals surface area contributed by atoms with E-state index in [9.17, 15) is 14.7 Å². The summed E-state index contributed by atoms with van der Waals surface area (Å²) in [6, 6.07) is 5.19. The zero-order valence-corrected chi connectivity index (χ0v) is 14.0. The van der Waals surface area contributed by atoms with Crippen molar-refractivity contribution in [1.82, 2.24) is 4.90 Å².